The number of aromatic nitrogens is 2. The SMILES string of the molecule is CC(NC(=O)CC1CCSCC1)c1cn[nH]c1. The van der Waals surface area contributed by atoms with Crippen molar-refractivity contribution in [3.63, 3.8) is 0 Å². The molecule has 0 bridgehead atoms. The van der Waals surface area contributed by atoms with Crippen molar-refractivity contribution >= 4 is 17.7 Å². The van der Waals surface area contributed by atoms with E-state index in [0.29, 0.717) is 12.3 Å². The number of thioether (sulfide) groups is 1. The molecule has 0 aliphatic carbocycles. The van der Waals surface area contributed by atoms with E-state index in [1.165, 1.54) is 24.3 Å². The molecule has 1 aromatic heterocycles. The molecule has 0 radical (unpaired) electrons. The Morgan fingerprint density at radius 2 is 2.41 bits per heavy atom. The number of amides is 1. The molecule has 1 fully saturated rings. The molecule has 2 N–H and O–H groups in total. The predicted octanol–water partition coefficient (Wildman–Crippen LogP) is 2.12. The lowest BCUT2D eigenvalue weighted by Gasteiger charge is -2.21. The molecular weight excluding hydrogens is 234 g/mol. The van der Waals surface area contributed by atoms with Crippen LogP contribution in [0.5, 0.6) is 0 Å². The monoisotopic (exact) mass is 253 g/mol. The van der Waals surface area contributed by atoms with Crippen LogP contribution < -0.4 is 5.32 Å². The summed E-state index contributed by atoms with van der Waals surface area (Å²) < 4.78 is 0. The van der Waals surface area contributed by atoms with Gasteiger partial charge in [-0.1, -0.05) is 0 Å². The fraction of sp³-hybridized carbons (Fsp3) is 0.667. The highest BCUT2D eigenvalue weighted by Crippen LogP contribution is 2.25. The van der Waals surface area contributed by atoms with Gasteiger partial charge in [-0.2, -0.15) is 16.9 Å². The zero-order valence-corrected chi connectivity index (χ0v) is 10.9. The maximum atomic E-state index is 11.9. The van der Waals surface area contributed by atoms with Crippen molar-refractivity contribution < 1.29 is 4.79 Å². The van der Waals surface area contributed by atoms with Crippen molar-refractivity contribution in [1.29, 1.82) is 0 Å². The third-order valence-electron chi connectivity index (χ3n) is 3.21. The highest BCUT2D eigenvalue weighted by Gasteiger charge is 2.18. The maximum Gasteiger partial charge on any atom is 0.220 e. The van der Waals surface area contributed by atoms with Crippen LogP contribution in [0.4, 0.5) is 0 Å². The molecule has 0 spiro atoms. The molecule has 0 saturated carbocycles. The minimum absolute atomic E-state index is 0.0409. The second-order valence-corrected chi connectivity index (χ2v) is 5.81. The van der Waals surface area contributed by atoms with Crippen LogP contribution in [0.2, 0.25) is 0 Å². The molecule has 5 heteroatoms. The number of carbonyl (C=O) groups excluding carboxylic acids is 1. The zero-order valence-electron chi connectivity index (χ0n) is 10.1. The highest BCUT2D eigenvalue weighted by atomic mass is 32.2. The van der Waals surface area contributed by atoms with Gasteiger partial charge in [0, 0.05) is 18.2 Å². The number of hydrogen-bond acceptors (Lipinski definition) is 3. The number of nitrogens with one attached hydrogen (secondary N) is 2. The molecule has 1 amide bonds. The van der Waals surface area contributed by atoms with Gasteiger partial charge < -0.3 is 5.32 Å². The van der Waals surface area contributed by atoms with Crippen molar-refractivity contribution in [2.45, 2.75) is 32.2 Å². The predicted molar refractivity (Wildman–Crippen MR) is 69.8 cm³/mol. The average molecular weight is 253 g/mol. The quantitative estimate of drug-likeness (QED) is 0.864. The highest BCUT2D eigenvalue weighted by molar-refractivity contribution is 7.99. The Bertz CT molecular complexity index is 347. The first kappa shape index (κ1) is 12.5. The van der Waals surface area contributed by atoms with E-state index in [1.54, 1.807) is 6.20 Å². The van der Waals surface area contributed by atoms with Crippen molar-refractivity contribution in [2.24, 2.45) is 5.92 Å². The molecular formula is C12H19N3OS. The van der Waals surface area contributed by atoms with Gasteiger partial charge in [-0.3, -0.25) is 9.89 Å². The van der Waals surface area contributed by atoms with Gasteiger partial charge in [0.15, 0.2) is 0 Å². The Balaban J connectivity index is 1.76. The first-order valence-electron chi connectivity index (χ1n) is 6.11. The summed E-state index contributed by atoms with van der Waals surface area (Å²) in [7, 11) is 0. The molecule has 17 heavy (non-hydrogen) atoms. The van der Waals surface area contributed by atoms with E-state index in [0.717, 1.165) is 5.56 Å². The number of nitrogens with zero attached hydrogens (tertiary/aromatic N) is 1. The van der Waals surface area contributed by atoms with Crippen LogP contribution in [0.15, 0.2) is 12.4 Å². The minimum atomic E-state index is 0.0409. The number of H-pyrrole nitrogens is 1. The third-order valence-corrected chi connectivity index (χ3v) is 4.26. The summed E-state index contributed by atoms with van der Waals surface area (Å²) in [5.41, 5.74) is 1.03. The van der Waals surface area contributed by atoms with E-state index < -0.39 is 0 Å². The summed E-state index contributed by atoms with van der Waals surface area (Å²) in [6, 6.07) is 0.0409. The molecule has 1 aromatic rings. The minimum Gasteiger partial charge on any atom is -0.349 e. The lowest BCUT2D eigenvalue weighted by molar-refractivity contribution is -0.122. The fourth-order valence-corrected chi connectivity index (χ4v) is 3.30. The Morgan fingerprint density at radius 1 is 1.65 bits per heavy atom. The molecule has 4 nitrogen and oxygen atoms in total. The molecule has 1 unspecified atom stereocenters. The number of aromatic amines is 1. The molecule has 94 valence electrons. The van der Waals surface area contributed by atoms with Crippen molar-refractivity contribution in [2.75, 3.05) is 11.5 Å². The van der Waals surface area contributed by atoms with E-state index >= 15 is 0 Å². The molecule has 2 heterocycles. The Morgan fingerprint density at radius 3 is 3.06 bits per heavy atom. The van der Waals surface area contributed by atoms with E-state index in [4.69, 9.17) is 0 Å². The molecule has 0 aromatic carbocycles. The van der Waals surface area contributed by atoms with E-state index in [2.05, 4.69) is 15.5 Å². The molecule has 2 rings (SSSR count). The molecule has 1 atom stereocenters. The second kappa shape index (κ2) is 6.10. The summed E-state index contributed by atoms with van der Waals surface area (Å²) in [6.07, 6.45) is 6.60. The average Bonchev–Trinajstić information content (AvgIpc) is 2.83. The van der Waals surface area contributed by atoms with Crippen LogP contribution in [0.25, 0.3) is 0 Å². The number of hydrogen-bond donors (Lipinski definition) is 2. The smallest absolute Gasteiger partial charge is 0.220 e. The van der Waals surface area contributed by atoms with Gasteiger partial charge in [-0.15, -0.1) is 0 Å². The second-order valence-electron chi connectivity index (χ2n) is 4.58. The van der Waals surface area contributed by atoms with Gasteiger partial charge in [0.2, 0.25) is 5.91 Å². The molecule has 1 aliphatic heterocycles. The number of rotatable bonds is 4. The Hall–Kier alpha value is -0.970. The van der Waals surface area contributed by atoms with Crippen LogP contribution in [0, 0.1) is 5.92 Å². The summed E-state index contributed by atoms with van der Waals surface area (Å²) in [4.78, 5) is 11.9. The van der Waals surface area contributed by atoms with Gasteiger partial charge in [0.05, 0.1) is 12.2 Å². The van der Waals surface area contributed by atoms with Crippen molar-refractivity contribution in [3.05, 3.63) is 18.0 Å². The van der Waals surface area contributed by atoms with Gasteiger partial charge in [-0.25, -0.2) is 0 Å². The summed E-state index contributed by atoms with van der Waals surface area (Å²) >= 11 is 1.99. The molecule has 1 aliphatic rings. The fourth-order valence-electron chi connectivity index (χ4n) is 2.09. The van der Waals surface area contributed by atoms with Crippen molar-refractivity contribution in [1.82, 2.24) is 15.5 Å². The summed E-state index contributed by atoms with van der Waals surface area (Å²) in [6.45, 7) is 1.99. The largest absolute Gasteiger partial charge is 0.349 e. The third kappa shape index (κ3) is 3.77. The van der Waals surface area contributed by atoms with Gasteiger partial charge in [0.25, 0.3) is 0 Å². The van der Waals surface area contributed by atoms with Gasteiger partial charge >= 0.3 is 0 Å². The standard InChI is InChI=1S/C12H19N3OS/c1-9(11-7-13-14-8-11)15-12(16)6-10-2-4-17-5-3-10/h7-10H,2-6H2,1H3,(H,13,14)(H,15,16). The van der Waals surface area contributed by atoms with Crippen LogP contribution in [-0.2, 0) is 4.79 Å². The summed E-state index contributed by atoms with van der Waals surface area (Å²) in [5.74, 6) is 3.15. The van der Waals surface area contributed by atoms with Crippen molar-refractivity contribution in [3.8, 4) is 0 Å². The van der Waals surface area contributed by atoms with Crippen LogP contribution in [-0.4, -0.2) is 27.6 Å². The first-order chi connectivity index (χ1) is 8.25. The van der Waals surface area contributed by atoms with Crippen LogP contribution >= 0.6 is 11.8 Å². The molecule has 1 saturated heterocycles. The lowest BCUT2D eigenvalue weighted by Crippen LogP contribution is -2.29. The van der Waals surface area contributed by atoms with E-state index in [9.17, 15) is 4.79 Å². The lowest BCUT2D eigenvalue weighted by atomic mass is 9.98. The normalized spacial score (nSPS) is 18.9. The van der Waals surface area contributed by atoms with Crippen LogP contribution in [0.1, 0.15) is 37.8 Å². The van der Waals surface area contributed by atoms with E-state index in [1.807, 2.05) is 24.9 Å². The first-order valence-corrected chi connectivity index (χ1v) is 7.27. The van der Waals surface area contributed by atoms with E-state index in [-0.39, 0.29) is 11.9 Å². The summed E-state index contributed by atoms with van der Waals surface area (Å²) in [5, 5.41) is 9.67. The topological polar surface area (TPSA) is 57.8 Å². The zero-order chi connectivity index (χ0) is 12.1. The van der Waals surface area contributed by atoms with Gasteiger partial charge in [-0.05, 0) is 37.2 Å². The number of carbonyl (C=O) groups is 1. The maximum absolute atomic E-state index is 11.9. The Kier molecular flexibility index (Phi) is 4.48. The Labute approximate surface area is 106 Å². The van der Waals surface area contributed by atoms with Crippen LogP contribution in [0.3, 0.4) is 0 Å². The van der Waals surface area contributed by atoms with Gasteiger partial charge in [0.1, 0.15) is 0 Å².